The Hall–Kier alpha value is -2.67. The largest absolute Gasteiger partial charge is 0.494 e. The van der Waals surface area contributed by atoms with Gasteiger partial charge >= 0.3 is 0 Å². The molecule has 4 rings (SSSR count). The Kier molecular flexibility index (Phi) is 8.38. The van der Waals surface area contributed by atoms with E-state index in [0.29, 0.717) is 11.6 Å². The summed E-state index contributed by atoms with van der Waals surface area (Å²) in [7, 11) is 0. The highest BCUT2D eigenvalue weighted by molar-refractivity contribution is 6.30. The standard InChI is InChI=1S/C27H32ClN3O3/c1-19(2)29-26(32)18-22-15-21-17-24(34-12-4-9-31-10-13-33-14-11-31)7-8-25(21)30-27(22)20-5-3-6-23(28)16-20/h3,5-8,15-17,19H,4,9-14,18H2,1-2H3,(H,29,32). The van der Waals surface area contributed by atoms with Crippen LogP contribution in [-0.2, 0) is 16.0 Å². The molecule has 1 amide bonds. The molecular formula is C27H32ClN3O3. The van der Waals surface area contributed by atoms with Gasteiger partial charge in [0.2, 0.25) is 5.91 Å². The van der Waals surface area contributed by atoms with Gasteiger partial charge < -0.3 is 14.8 Å². The molecule has 0 atom stereocenters. The number of nitrogens with one attached hydrogen (secondary N) is 1. The number of aromatic nitrogens is 1. The van der Waals surface area contributed by atoms with Gasteiger partial charge in [0.15, 0.2) is 0 Å². The fraction of sp³-hybridized carbons (Fsp3) is 0.407. The summed E-state index contributed by atoms with van der Waals surface area (Å²) in [5.41, 5.74) is 3.37. The predicted molar refractivity (Wildman–Crippen MR) is 137 cm³/mol. The summed E-state index contributed by atoms with van der Waals surface area (Å²) >= 11 is 6.24. The highest BCUT2D eigenvalue weighted by Crippen LogP contribution is 2.30. The van der Waals surface area contributed by atoms with E-state index in [-0.39, 0.29) is 18.4 Å². The van der Waals surface area contributed by atoms with Crippen LogP contribution in [0.2, 0.25) is 5.02 Å². The van der Waals surface area contributed by atoms with Gasteiger partial charge in [0.1, 0.15) is 5.75 Å². The number of hydrogen-bond acceptors (Lipinski definition) is 5. The van der Waals surface area contributed by atoms with Crippen LogP contribution in [0.25, 0.3) is 22.2 Å². The molecule has 1 N–H and O–H groups in total. The lowest BCUT2D eigenvalue weighted by Gasteiger charge is -2.26. The Bertz CT molecular complexity index is 1130. The Balaban J connectivity index is 1.53. The number of hydrogen-bond donors (Lipinski definition) is 1. The molecule has 1 fully saturated rings. The molecule has 1 saturated heterocycles. The maximum absolute atomic E-state index is 12.6. The van der Waals surface area contributed by atoms with Gasteiger partial charge in [-0.15, -0.1) is 0 Å². The van der Waals surface area contributed by atoms with Crippen LogP contribution in [0.1, 0.15) is 25.8 Å². The number of ether oxygens (including phenoxy) is 2. The van der Waals surface area contributed by atoms with Crippen LogP contribution < -0.4 is 10.1 Å². The molecule has 0 radical (unpaired) electrons. The molecule has 6 nitrogen and oxygen atoms in total. The summed E-state index contributed by atoms with van der Waals surface area (Å²) in [4.78, 5) is 19.9. The number of rotatable bonds is 9. The first-order chi connectivity index (χ1) is 16.5. The SMILES string of the molecule is CC(C)NC(=O)Cc1cc2cc(OCCCN3CCOCC3)ccc2nc1-c1cccc(Cl)c1. The van der Waals surface area contributed by atoms with E-state index in [1.165, 1.54) is 0 Å². The van der Waals surface area contributed by atoms with Gasteiger partial charge in [-0.25, -0.2) is 4.98 Å². The lowest BCUT2D eigenvalue weighted by molar-refractivity contribution is -0.120. The molecule has 0 spiro atoms. The monoisotopic (exact) mass is 481 g/mol. The fourth-order valence-corrected chi connectivity index (χ4v) is 4.35. The molecule has 0 bridgehead atoms. The van der Waals surface area contributed by atoms with Crippen molar-refractivity contribution in [3.05, 3.63) is 59.1 Å². The van der Waals surface area contributed by atoms with Crippen molar-refractivity contribution in [2.24, 2.45) is 0 Å². The van der Waals surface area contributed by atoms with Crippen molar-refractivity contribution < 1.29 is 14.3 Å². The Morgan fingerprint density at radius 2 is 2.00 bits per heavy atom. The first-order valence-corrected chi connectivity index (χ1v) is 12.3. The van der Waals surface area contributed by atoms with Crippen molar-refractivity contribution in [1.29, 1.82) is 0 Å². The molecule has 2 aromatic carbocycles. The normalized spacial score (nSPS) is 14.5. The predicted octanol–water partition coefficient (Wildman–Crippen LogP) is 4.72. The molecule has 180 valence electrons. The van der Waals surface area contributed by atoms with Crippen molar-refractivity contribution in [2.45, 2.75) is 32.7 Å². The van der Waals surface area contributed by atoms with Crippen LogP contribution in [0.3, 0.4) is 0 Å². The van der Waals surface area contributed by atoms with Crippen LogP contribution in [0.5, 0.6) is 5.75 Å². The van der Waals surface area contributed by atoms with Crippen molar-refractivity contribution in [3.8, 4) is 17.0 Å². The summed E-state index contributed by atoms with van der Waals surface area (Å²) in [5, 5.41) is 4.56. The maximum Gasteiger partial charge on any atom is 0.224 e. The zero-order valence-corrected chi connectivity index (χ0v) is 20.6. The third-order valence-corrected chi connectivity index (χ3v) is 5.99. The molecule has 7 heteroatoms. The average molecular weight is 482 g/mol. The van der Waals surface area contributed by atoms with E-state index in [4.69, 9.17) is 26.1 Å². The van der Waals surface area contributed by atoms with Gasteiger partial charge in [0.05, 0.1) is 37.5 Å². The second kappa shape index (κ2) is 11.6. The van der Waals surface area contributed by atoms with Gasteiger partial charge in [0, 0.05) is 41.6 Å². The zero-order valence-electron chi connectivity index (χ0n) is 19.9. The molecule has 1 aromatic heterocycles. The number of benzene rings is 2. The van der Waals surface area contributed by atoms with Crippen molar-refractivity contribution in [1.82, 2.24) is 15.2 Å². The van der Waals surface area contributed by atoms with Crippen LogP contribution in [0.15, 0.2) is 48.5 Å². The number of nitrogens with zero attached hydrogens (tertiary/aromatic N) is 2. The molecule has 0 saturated carbocycles. The Morgan fingerprint density at radius 3 is 2.76 bits per heavy atom. The fourth-order valence-electron chi connectivity index (χ4n) is 4.16. The Morgan fingerprint density at radius 1 is 1.18 bits per heavy atom. The average Bonchev–Trinajstić information content (AvgIpc) is 2.81. The molecule has 2 heterocycles. The number of fused-ring (bicyclic) bond motifs is 1. The summed E-state index contributed by atoms with van der Waals surface area (Å²) in [5.74, 6) is 0.777. The topological polar surface area (TPSA) is 63.7 Å². The van der Waals surface area contributed by atoms with Gasteiger partial charge in [-0.05, 0) is 62.2 Å². The van der Waals surface area contributed by atoms with E-state index in [0.717, 1.165) is 72.7 Å². The minimum atomic E-state index is -0.0325. The third-order valence-electron chi connectivity index (χ3n) is 5.75. The lowest BCUT2D eigenvalue weighted by Crippen LogP contribution is -2.37. The highest BCUT2D eigenvalue weighted by Gasteiger charge is 2.15. The van der Waals surface area contributed by atoms with Crippen molar-refractivity contribution in [2.75, 3.05) is 39.5 Å². The number of halogens is 1. The Labute approximate surface area is 206 Å². The van der Waals surface area contributed by atoms with E-state index in [1.54, 1.807) is 0 Å². The number of carbonyl (C=O) groups excluding carboxylic acids is 1. The van der Waals surface area contributed by atoms with Gasteiger partial charge in [-0.3, -0.25) is 9.69 Å². The minimum Gasteiger partial charge on any atom is -0.494 e. The van der Waals surface area contributed by atoms with Crippen LogP contribution in [0, 0.1) is 0 Å². The quantitative estimate of drug-likeness (QED) is 0.448. The molecule has 34 heavy (non-hydrogen) atoms. The van der Waals surface area contributed by atoms with Crippen LogP contribution >= 0.6 is 11.6 Å². The van der Waals surface area contributed by atoms with Crippen LogP contribution in [0.4, 0.5) is 0 Å². The highest BCUT2D eigenvalue weighted by atomic mass is 35.5. The third kappa shape index (κ3) is 6.69. The summed E-state index contributed by atoms with van der Waals surface area (Å²) < 4.78 is 11.4. The smallest absolute Gasteiger partial charge is 0.224 e. The summed E-state index contributed by atoms with van der Waals surface area (Å²) in [6, 6.07) is 15.6. The summed E-state index contributed by atoms with van der Waals surface area (Å²) in [6.07, 6.45) is 1.21. The second-order valence-corrected chi connectivity index (χ2v) is 9.35. The van der Waals surface area contributed by atoms with Gasteiger partial charge in [-0.2, -0.15) is 0 Å². The number of morpholine rings is 1. The number of pyridine rings is 1. The van der Waals surface area contributed by atoms with Crippen molar-refractivity contribution >= 4 is 28.4 Å². The van der Waals surface area contributed by atoms with E-state index in [9.17, 15) is 4.79 Å². The molecule has 1 aliphatic rings. The summed E-state index contributed by atoms with van der Waals surface area (Å²) in [6.45, 7) is 9.18. The minimum absolute atomic E-state index is 0.0325. The van der Waals surface area contributed by atoms with Crippen molar-refractivity contribution in [3.63, 3.8) is 0 Å². The second-order valence-electron chi connectivity index (χ2n) is 8.92. The van der Waals surface area contributed by atoms with Crippen LogP contribution in [-0.4, -0.2) is 61.3 Å². The van der Waals surface area contributed by atoms with E-state index in [2.05, 4.69) is 10.2 Å². The first-order valence-electron chi connectivity index (χ1n) is 11.9. The van der Waals surface area contributed by atoms with Gasteiger partial charge in [0.25, 0.3) is 0 Å². The van der Waals surface area contributed by atoms with E-state index < -0.39 is 0 Å². The zero-order chi connectivity index (χ0) is 23.9. The first kappa shape index (κ1) is 24.5. The molecular weight excluding hydrogens is 450 g/mol. The maximum atomic E-state index is 12.6. The molecule has 1 aliphatic heterocycles. The number of carbonyl (C=O) groups is 1. The van der Waals surface area contributed by atoms with E-state index >= 15 is 0 Å². The lowest BCUT2D eigenvalue weighted by atomic mass is 10.0. The molecule has 3 aromatic rings. The van der Waals surface area contributed by atoms with Gasteiger partial charge in [-0.1, -0.05) is 23.7 Å². The number of amides is 1. The molecule has 0 unspecified atom stereocenters. The van der Waals surface area contributed by atoms with E-state index in [1.807, 2.05) is 62.4 Å². The molecule has 0 aliphatic carbocycles.